The minimum atomic E-state index is -2.03. The number of benzene rings is 1. The number of fused-ring (bicyclic) bond motifs is 4. The van der Waals surface area contributed by atoms with Gasteiger partial charge in [0.15, 0.2) is 22.8 Å². The van der Waals surface area contributed by atoms with Crippen molar-refractivity contribution in [2.75, 3.05) is 0 Å². The molecule has 4 rings (SSSR count). The van der Waals surface area contributed by atoms with Crippen molar-refractivity contribution in [1.82, 2.24) is 0 Å². The van der Waals surface area contributed by atoms with E-state index in [1.54, 1.807) is 38.1 Å². The van der Waals surface area contributed by atoms with Crippen LogP contribution in [-0.4, -0.2) is 51.5 Å². The number of allylic oxidation sites excluding steroid dienone is 6. The van der Waals surface area contributed by atoms with Gasteiger partial charge in [-0.05, 0) is 98.8 Å². The van der Waals surface area contributed by atoms with Gasteiger partial charge in [-0.15, -0.1) is 0 Å². The Bertz CT molecular complexity index is 1370. The van der Waals surface area contributed by atoms with Crippen molar-refractivity contribution in [3.63, 3.8) is 0 Å². The highest BCUT2D eigenvalue weighted by Gasteiger charge is 2.80. The van der Waals surface area contributed by atoms with Crippen LogP contribution >= 0.6 is 0 Å². The second-order valence-corrected chi connectivity index (χ2v) is 15.1. The van der Waals surface area contributed by atoms with Crippen LogP contribution in [0.3, 0.4) is 0 Å². The Hall–Kier alpha value is -2.67. The van der Waals surface area contributed by atoms with E-state index in [0.29, 0.717) is 31.2 Å². The fourth-order valence-electron chi connectivity index (χ4n) is 8.36. The molecule has 0 radical (unpaired) electrons. The first kappa shape index (κ1) is 34.2. The number of Topliss-reactive ketones (excluding diaryl/α,β-unsaturated/α-hetero) is 3. The highest BCUT2D eigenvalue weighted by molar-refractivity contribution is 6.33. The number of aliphatic hydroxyl groups is 2. The van der Waals surface area contributed by atoms with Crippen molar-refractivity contribution in [2.24, 2.45) is 28.1 Å². The number of hydrogen-bond acceptors (Lipinski definition) is 6. The molecule has 1 aromatic carbocycles. The van der Waals surface area contributed by atoms with E-state index in [0.717, 1.165) is 16.7 Å². The zero-order valence-electron chi connectivity index (χ0n) is 28.1. The van der Waals surface area contributed by atoms with Gasteiger partial charge in [-0.2, -0.15) is 0 Å². The molecule has 3 fully saturated rings. The fraction of sp³-hybridized carbons (Fsp3) is 0.605. The maximum absolute atomic E-state index is 15.6. The van der Waals surface area contributed by atoms with Crippen molar-refractivity contribution in [2.45, 2.75) is 118 Å². The zero-order chi connectivity index (χ0) is 32.8. The summed E-state index contributed by atoms with van der Waals surface area (Å²) in [6, 6.07) is 8.67. The van der Waals surface area contributed by atoms with Gasteiger partial charge in [-0.25, -0.2) is 0 Å². The number of rotatable bonds is 10. The van der Waals surface area contributed by atoms with Crippen LogP contribution in [0.2, 0.25) is 0 Å². The average molecular weight is 605 g/mol. The van der Waals surface area contributed by atoms with Crippen LogP contribution in [0, 0.1) is 28.1 Å². The third-order valence-electron chi connectivity index (χ3n) is 10.6. The summed E-state index contributed by atoms with van der Waals surface area (Å²) in [5.74, 6) is -2.77. The van der Waals surface area contributed by atoms with Crippen molar-refractivity contribution < 1.29 is 29.3 Å². The molecule has 2 bridgehead atoms. The maximum atomic E-state index is 15.6. The minimum absolute atomic E-state index is 0.203. The predicted molar refractivity (Wildman–Crippen MR) is 173 cm³/mol. The first-order valence-electron chi connectivity index (χ1n) is 16.1. The second kappa shape index (κ2) is 12.3. The Morgan fingerprint density at radius 2 is 1.57 bits per heavy atom. The summed E-state index contributed by atoms with van der Waals surface area (Å²) in [6.07, 6.45) is 5.19. The van der Waals surface area contributed by atoms with Crippen LogP contribution in [0.25, 0.3) is 0 Å². The summed E-state index contributed by atoms with van der Waals surface area (Å²) in [5.41, 5.74) is -2.22. The molecule has 44 heavy (non-hydrogen) atoms. The lowest BCUT2D eigenvalue weighted by Crippen LogP contribution is -2.75. The Kier molecular flexibility index (Phi) is 9.53. The Balaban J connectivity index is 2.11. The molecule has 3 aliphatic rings. The molecule has 1 heterocycles. The number of carbonyl (C=O) groups is 3. The molecule has 2 saturated carbocycles. The van der Waals surface area contributed by atoms with Gasteiger partial charge in [0.1, 0.15) is 6.10 Å². The Morgan fingerprint density at radius 3 is 2.11 bits per heavy atom. The lowest BCUT2D eigenvalue weighted by atomic mass is 9.36. The highest BCUT2D eigenvalue weighted by atomic mass is 16.5. The molecule has 6 heteroatoms. The van der Waals surface area contributed by atoms with Gasteiger partial charge < -0.3 is 14.9 Å². The van der Waals surface area contributed by atoms with Gasteiger partial charge in [0.2, 0.25) is 0 Å². The molecule has 8 atom stereocenters. The third-order valence-corrected chi connectivity index (χ3v) is 10.6. The predicted octanol–water partition coefficient (Wildman–Crippen LogP) is 6.99. The second-order valence-electron chi connectivity index (χ2n) is 15.1. The lowest BCUT2D eigenvalue weighted by molar-refractivity contribution is -0.197. The topological polar surface area (TPSA) is 101 Å². The molecule has 6 nitrogen and oxygen atoms in total. The largest absolute Gasteiger partial charge is 0.389 e. The summed E-state index contributed by atoms with van der Waals surface area (Å²) in [4.78, 5) is 46.0. The van der Waals surface area contributed by atoms with Crippen molar-refractivity contribution >= 4 is 17.3 Å². The first-order valence-corrected chi connectivity index (χ1v) is 16.1. The van der Waals surface area contributed by atoms with Crippen molar-refractivity contribution in [1.29, 1.82) is 0 Å². The van der Waals surface area contributed by atoms with Gasteiger partial charge in [0, 0.05) is 5.56 Å². The Morgan fingerprint density at radius 1 is 0.977 bits per heavy atom. The molecule has 0 aromatic heterocycles. The number of aliphatic hydroxyl groups excluding tert-OH is 1. The minimum Gasteiger partial charge on any atom is -0.389 e. The number of carbonyl (C=O) groups excluding carboxylic acids is 3. The molecule has 240 valence electrons. The average Bonchev–Trinajstić information content (AvgIpc) is 3.30. The smallest absolute Gasteiger partial charge is 0.184 e. The molecule has 0 spiro atoms. The normalized spacial score (nSPS) is 34.7. The molecule has 2 unspecified atom stereocenters. The number of ether oxygens (including phenoxy) is 1. The van der Waals surface area contributed by atoms with Gasteiger partial charge in [-0.1, -0.05) is 72.2 Å². The SMILES string of the molecule is CC(C)=CCC[C@]1(C)[C@@H](CC=C(C)C)C[C@@]2(CC=C(C)C)C(=O)[C@]1(C(=O)c1ccccc1)C(=O)C1C2O[C@H](C(C)(C)O)[C@@H]1O. The van der Waals surface area contributed by atoms with E-state index in [1.807, 2.05) is 60.6 Å². The molecule has 2 aliphatic carbocycles. The monoisotopic (exact) mass is 604 g/mol. The summed E-state index contributed by atoms with van der Waals surface area (Å²) >= 11 is 0. The van der Waals surface area contributed by atoms with Crippen LogP contribution in [-0.2, 0) is 14.3 Å². The number of hydrogen-bond donors (Lipinski definition) is 2. The summed E-state index contributed by atoms with van der Waals surface area (Å²) < 4.78 is 6.48. The summed E-state index contributed by atoms with van der Waals surface area (Å²) in [5, 5.41) is 22.9. The van der Waals surface area contributed by atoms with Gasteiger partial charge in [-0.3, -0.25) is 14.4 Å². The molecule has 0 amide bonds. The summed E-state index contributed by atoms with van der Waals surface area (Å²) in [7, 11) is 0. The highest BCUT2D eigenvalue weighted by Crippen LogP contribution is 2.69. The Labute approximate surface area is 263 Å². The standard InChI is InChI=1S/C38H52O6/c1-23(2)14-13-20-36(9)27(18-17-24(3)4)22-37(21-19-25(5)6)32-28(29(39)33(44-32)35(7,8)43)31(41)38(36,34(37)42)30(40)26-15-11-10-12-16-26/h10-12,14-17,19,27-29,32-33,39,43H,13,18,20-22H2,1-9H3/t27-,28?,29+,32?,33-,36+,37+,38-/m0/s1. The van der Waals surface area contributed by atoms with E-state index in [-0.39, 0.29) is 18.1 Å². The van der Waals surface area contributed by atoms with Gasteiger partial charge in [0.05, 0.1) is 29.1 Å². The van der Waals surface area contributed by atoms with Gasteiger partial charge in [0.25, 0.3) is 0 Å². The van der Waals surface area contributed by atoms with Crippen LogP contribution in [0.1, 0.15) is 105 Å². The molecule has 2 N–H and O–H groups in total. The third kappa shape index (κ3) is 5.41. The molecule has 1 aliphatic heterocycles. The van der Waals surface area contributed by atoms with E-state index in [4.69, 9.17) is 4.74 Å². The van der Waals surface area contributed by atoms with Crippen LogP contribution < -0.4 is 0 Å². The summed E-state index contributed by atoms with van der Waals surface area (Å²) in [6.45, 7) is 17.1. The van der Waals surface area contributed by atoms with E-state index in [2.05, 4.69) is 12.2 Å². The maximum Gasteiger partial charge on any atom is 0.184 e. The van der Waals surface area contributed by atoms with Crippen molar-refractivity contribution in [3.05, 3.63) is 70.8 Å². The van der Waals surface area contributed by atoms with E-state index in [1.165, 1.54) is 0 Å². The number of ketones is 3. The van der Waals surface area contributed by atoms with Crippen LogP contribution in [0.5, 0.6) is 0 Å². The van der Waals surface area contributed by atoms with E-state index in [9.17, 15) is 10.2 Å². The molecule has 1 aromatic rings. The quantitative estimate of drug-likeness (QED) is 0.170. The molecular weight excluding hydrogens is 552 g/mol. The van der Waals surface area contributed by atoms with E-state index < -0.39 is 57.6 Å². The van der Waals surface area contributed by atoms with Crippen molar-refractivity contribution in [3.8, 4) is 0 Å². The fourth-order valence-corrected chi connectivity index (χ4v) is 8.36. The lowest BCUT2D eigenvalue weighted by Gasteiger charge is -2.63. The zero-order valence-corrected chi connectivity index (χ0v) is 28.1. The van der Waals surface area contributed by atoms with Crippen LogP contribution in [0.4, 0.5) is 0 Å². The van der Waals surface area contributed by atoms with Crippen LogP contribution in [0.15, 0.2) is 65.3 Å². The molecule has 1 saturated heterocycles. The first-order chi connectivity index (χ1) is 20.4. The molecular formula is C38H52O6. The van der Waals surface area contributed by atoms with Gasteiger partial charge >= 0.3 is 0 Å². The van der Waals surface area contributed by atoms with E-state index >= 15 is 14.4 Å².